The number of sulfone groups is 1. The van der Waals surface area contributed by atoms with Gasteiger partial charge in [0.25, 0.3) is 0 Å². The lowest BCUT2D eigenvalue weighted by atomic mass is 9.81. The Kier molecular flexibility index (Phi) is 4.80. The van der Waals surface area contributed by atoms with Crippen LogP contribution in [0.5, 0.6) is 0 Å². The van der Waals surface area contributed by atoms with E-state index in [0.717, 1.165) is 19.4 Å². The zero-order chi connectivity index (χ0) is 12.2. The lowest BCUT2D eigenvalue weighted by Gasteiger charge is -2.34. The summed E-state index contributed by atoms with van der Waals surface area (Å²) < 4.78 is 22.9. The summed E-state index contributed by atoms with van der Waals surface area (Å²) >= 11 is 0. The Morgan fingerprint density at radius 1 is 1.38 bits per heavy atom. The highest BCUT2D eigenvalue weighted by molar-refractivity contribution is 7.91. The van der Waals surface area contributed by atoms with Crippen molar-refractivity contribution < 1.29 is 8.42 Å². The molecular weight excluding hydrogens is 222 g/mol. The van der Waals surface area contributed by atoms with Crippen molar-refractivity contribution in [1.82, 2.24) is 5.32 Å². The maximum atomic E-state index is 11.4. The Labute approximate surface area is 99.9 Å². The largest absolute Gasteiger partial charge is 0.311 e. The van der Waals surface area contributed by atoms with Crippen LogP contribution >= 0.6 is 0 Å². The molecule has 96 valence electrons. The molecule has 1 unspecified atom stereocenters. The van der Waals surface area contributed by atoms with Crippen LogP contribution in [0.15, 0.2) is 0 Å². The van der Waals surface area contributed by atoms with Crippen molar-refractivity contribution in [1.29, 1.82) is 0 Å². The predicted molar refractivity (Wildman–Crippen MR) is 68.4 cm³/mol. The molecule has 16 heavy (non-hydrogen) atoms. The third kappa shape index (κ3) is 3.45. The summed E-state index contributed by atoms with van der Waals surface area (Å²) in [6.07, 6.45) is 4.20. The molecule has 4 heteroatoms. The highest BCUT2D eigenvalue weighted by Gasteiger charge is 2.35. The van der Waals surface area contributed by atoms with Gasteiger partial charge >= 0.3 is 0 Å². The molecule has 0 bridgehead atoms. The first-order chi connectivity index (χ1) is 7.42. The predicted octanol–water partition coefficient (Wildman–Crippen LogP) is 1.98. The molecule has 0 aromatic heterocycles. The molecule has 0 amide bonds. The molecule has 0 spiro atoms. The molecule has 1 fully saturated rings. The highest BCUT2D eigenvalue weighted by Crippen LogP contribution is 2.32. The van der Waals surface area contributed by atoms with Crippen LogP contribution in [0, 0.1) is 5.92 Å². The van der Waals surface area contributed by atoms with Crippen molar-refractivity contribution in [3.8, 4) is 0 Å². The average molecular weight is 247 g/mol. The molecule has 0 aromatic rings. The Morgan fingerprint density at radius 2 is 2.06 bits per heavy atom. The summed E-state index contributed by atoms with van der Waals surface area (Å²) in [6, 6.07) is 0. The van der Waals surface area contributed by atoms with E-state index in [-0.39, 0.29) is 11.3 Å². The number of hydrogen-bond acceptors (Lipinski definition) is 3. The van der Waals surface area contributed by atoms with Crippen molar-refractivity contribution in [2.45, 2.75) is 52.0 Å². The molecule has 1 rings (SSSR count). The Morgan fingerprint density at radius 3 is 2.50 bits per heavy atom. The molecule has 1 heterocycles. The summed E-state index contributed by atoms with van der Waals surface area (Å²) in [5.41, 5.74) is 0.198. The maximum Gasteiger partial charge on any atom is 0.150 e. The van der Waals surface area contributed by atoms with Crippen LogP contribution in [-0.4, -0.2) is 32.0 Å². The van der Waals surface area contributed by atoms with Gasteiger partial charge in [-0.15, -0.1) is 0 Å². The van der Waals surface area contributed by atoms with Gasteiger partial charge in [0.2, 0.25) is 0 Å². The minimum absolute atomic E-state index is 0.198. The van der Waals surface area contributed by atoms with Gasteiger partial charge in [0.15, 0.2) is 0 Å². The molecule has 1 aliphatic heterocycles. The molecular formula is C12H25NO2S. The van der Waals surface area contributed by atoms with Crippen molar-refractivity contribution in [3.05, 3.63) is 0 Å². The zero-order valence-electron chi connectivity index (χ0n) is 10.8. The van der Waals surface area contributed by atoms with Gasteiger partial charge in [0.1, 0.15) is 9.84 Å². The fourth-order valence-corrected chi connectivity index (χ4v) is 3.45. The van der Waals surface area contributed by atoms with Crippen molar-refractivity contribution in [3.63, 3.8) is 0 Å². The second-order valence-corrected chi connectivity index (χ2v) is 7.65. The van der Waals surface area contributed by atoms with E-state index in [2.05, 4.69) is 19.2 Å². The van der Waals surface area contributed by atoms with Gasteiger partial charge in [-0.3, -0.25) is 0 Å². The van der Waals surface area contributed by atoms with E-state index < -0.39 is 9.84 Å². The van der Waals surface area contributed by atoms with Gasteiger partial charge in [0.05, 0.1) is 5.75 Å². The van der Waals surface area contributed by atoms with Gasteiger partial charge in [-0.05, 0) is 38.1 Å². The van der Waals surface area contributed by atoms with Crippen molar-refractivity contribution in [2.75, 3.05) is 18.1 Å². The van der Waals surface area contributed by atoms with E-state index in [1.54, 1.807) is 6.92 Å². The average Bonchev–Trinajstić information content (AvgIpc) is 2.67. The highest BCUT2D eigenvalue weighted by atomic mass is 32.2. The minimum Gasteiger partial charge on any atom is -0.311 e. The van der Waals surface area contributed by atoms with Gasteiger partial charge in [-0.25, -0.2) is 8.42 Å². The first-order valence-corrected chi connectivity index (χ1v) is 8.19. The summed E-state index contributed by atoms with van der Waals surface area (Å²) in [7, 11) is -2.79. The smallest absolute Gasteiger partial charge is 0.150 e. The standard InChI is InChI=1S/C12H25NO2S/c1-4-16(14,15)10-6-8-12(11(2)3)7-5-9-13-12/h11,13H,4-10H2,1-3H3. The third-order valence-corrected chi connectivity index (χ3v) is 5.69. The molecule has 1 N–H and O–H groups in total. The Balaban J connectivity index is 2.46. The minimum atomic E-state index is -2.79. The monoisotopic (exact) mass is 247 g/mol. The van der Waals surface area contributed by atoms with Crippen LogP contribution in [0.3, 0.4) is 0 Å². The normalized spacial score (nSPS) is 26.5. The summed E-state index contributed by atoms with van der Waals surface area (Å²) in [6.45, 7) is 7.26. The third-order valence-electron chi connectivity index (χ3n) is 3.90. The van der Waals surface area contributed by atoms with E-state index in [1.165, 1.54) is 12.8 Å². The fraction of sp³-hybridized carbons (Fsp3) is 1.00. The fourth-order valence-electron chi connectivity index (χ4n) is 2.58. The maximum absolute atomic E-state index is 11.4. The topological polar surface area (TPSA) is 46.2 Å². The lowest BCUT2D eigenvalue weighted by molar-refractivity contribution is 0.250. The Hall–Kier alpha value is -0.0900. The van der Waals surface area contributed by atoms with Gasteiger partial charge in [0, 0.05) is 11.3 Å². The second-order valence-electron chi connectivity index (χ2n) is 5.18. The first-order valence-electron chi connectivity index (χ1n) is 6.37. The van der Waals surface area contributed by atoms with E-state index in [4.69, 9.17) is 0 Å². The van der Waals surface area contributed by atoms with Crippen LogP contribution in [0.2, 0.25) is 0 Å². The van der Waals surface area contributed by atoms with Crippen LogP contribution in [0.25, 0.3) is 0 Å². The Bertz CT molecular complexity index is 303. The summed E-state index contributed by atoms with van der Waals surface area (Å²) in [5.74, 6) is 1.20. The molecule has 0 saturated carbocycles. The molecule has 0 aliphatic carbocycles. The molecule has 0 aromatic carbocycles. The number of nitrogens with one attached hydrogen (secondary N) is 1. The number of rotatable bonds is 6. The van der Waals surface area contributed by atoms with Gasteiger partial charge in [-0.2, -0.15) is 0 Å². The van der Waals surface area contributed by atoms with Crippen LogP contribution in [0.1, 0.15) is 46.5 Å². The lowest BCUT2D eigenvalue weighted by Crippen LogP contribution is -2.44. The van der Waals surface area contributed by atoms with E-state index in [9.17, 15) is 8.42 Å². The molecule has 0 radical (unpaired) electrons. The zero-order valence-corrected chi connectivity index (χ0v) is 11.6. The van der Waals surface area contributed by atoms with E-state index in [1.807, 2.05) is 0 Å². The summed E-state index contributed by atoms with van der Waals surface area (Å²) in [4.78, 5) is 0. The molecule has 1 aliphatic rings. The van der Waals surface area contributed by atoms with Gasteiger partial charge < -0.3 is 5.32 Å². The molecule has 3 nitrogen and oxygen atoms in total. The van der Waals surface area contributed by atoms with E-state index >= 15 is 0 Å². The first kappa shape index (κ1) is 14.0. The van der Waals surface area contributed by atoms with Gasteiger partial charge in [-0.1, -0.05) is 20.8 Å². The van der Waals surface area contributed by atoms with Crippen LogP contribution < -0.4 is 5.32 Å². The quantitative estimate of drug-likeness (QED) is 0.780. The second kappa shape index (κ2) is 5.50. The van der Waals surface area contributed by atoms with Crippen LogP contribution in [0.4, 0.5) is 0 Å². The number of hydrogen-bond donors (Lipinski definition) is 1. The van der Waals surface area contributed by atoms with Crippen molar-refractivity contribution >= 4 is 9.84 Å². The SMILES string of the molecule is CCS(=O)(=O)CCCC1(C(C)C)CCCN1. The molecule has 1 saturated heterocycles. The van der Waals surface area contributed by atoms with Crippen LogP contribution in [-0.2, 0) is 9.84 Å². The van der Waals surface area contributed by atoms with E-state index in [0.29, 0.717) is 11.7 Å². The van der Waals surface area contributed by atoms with Crippen molar-refractivity contribution in [2.24, 2.45) is 5.92 Å². The summed E-state index contributed by atoms with van der Waals surface area (Å²) in [5, 5.41) is 3.58. The molecule has 1 atom stereocenters.